The van der Waals surface area contributed by atoms with Crippen molar-refractivity contribution in [1.82, 2.24) is 14.9 Å². The number of fused-ring (bicyclic) bond motifs is 2. The minimum Gasteiger partial charge on any atom is -0.368 e. The van der Waals surface area contributed by atoms with E-state index >= 15 is 0 Å². The number of likely N-dealkylation sites (tertiary alicyclic amines) is 1. The number of piperidine rings is 1. The van der Waals surface area contributed by atoms with E-state index in [4.69, 9.17) is 4.74 Å². The summed E-state index contributed by atoms with van der Waals surface area (Å²) in [4.78, 5) is 22.5. The van der Waals surface area contributed by atoms with Crippen LogP contribution >= 0.6 is 0 Å². The quantitative estimate of drug-likeness (QED) is 0.766. The van der Waals surface area contributed by atoms with Crippen molar-refractivity contribution in [3.8, 4) is 0 Å². The first-order valence-corrected chi connectivity index (χ1v) is 9.78. The van der Waals surface area contributed by atoms with Crippen molar-refractivity contribution in [3.63, 3.8) is 0 Å². The fraction of sp³-hybridized carbons (Fsp3) is 0.667. The van der Waals surface area contributed by atoms with E-state index in [-0.39, 0.29) is 5.91 Å². The molecule has 0 unspecified atom stereocenters. The molecule has 8 heteroatoms. The summed E-state index contributed by atoms with van der Waals surface area (Å²) in [6.45, 7) is 3.44. The molecule has 1 amide bonds. The Balaban J connectivity index is 1.77. The maximum atomic E-state index is 12.1. The smallest absolute Gasteiger partial charge is 0.237 e. The van der Waals surface area contributed by atoms with Crippen LogP contribution in [0.4, 0.5) is 0 Å². The Morgan fingerprint density at radius 3 is 2.74 bits per heavy atom. The predicted molar refractivity (Wildman–Crippen MR) is 83.6 cm³/mol. The van der Waals surface area contributed by atoms with Crippen LogP contribution in [0.1, 0.15) is 29.9 Å². The second-order valence-corrected chi connectivity index (χ2v) is 8.47. The Morgan fingerprint density at radius 2 is 2.09 bits per heavy atom. The summed E-state index contributed by atoms with van der Waals surface area (Å²) in [5.41, 5.74) is 1.58. The van der Waals surface area contributed by atoms with E-state index in [1.165, 1.54) is 0 Å². The molecular formula is C15H21N3O4S. The predicted octanol–water partition coefficient (Wildman–Crippen LogP) is 0.220. The molecule has 0 saturated carbocycles. The molecule has 2 aliphatic heterocycles. The number of carbonyl (C=O) groups is 1. The summed E-state index contributed by atoms with van der Waals surface area (Å²) in [5, 5.41) is 0. The van der Waals surface area contributed by atoms with Gasteiger partial charge in [-0.15, -0.1) is 0 Å². The van der Waals surface area contributed by atoms with Gasteiger partial charge in [-0.1, -0.05) is 0 Å². The molecule has 0 aliphatic carbocycles. The summed E-state index contributed by atoms with van der Waals surface area (Å²) in [6, 6.07) is 0. The van der Waals surface area contributed by atoms with Crippen molar-refractivity contribution in [3.05, 3.63) is 23.3 Å². The maximum absolute atomic E-state index is 12.1. The molecule has 1 fully saturated rings. The van der Waals surface area contributed by atoms with E-state index in [2.05, 4.69) is 9.97 Å². The number of aromatic nitrogens is 2. The lowest BCUT2D eigenvalue weighted by Crippen LogP contribution is -2.50. The van der Waals surface area contributed by atoms with Gasteiger partial charge in [0, 0.05) is 25.5 Å². The third kappa shape index (κ3) is 3.37. The summed E-state index contributed by atoms with van der Waals surface area (Å²) >= 11 is 0. The molecule has 1 aromatic heterocycles. The SMILES string of the molecule is Cc1ncc2c(n1)C1(CCN(C(=O)CS(C)(=O)=O)CC1)OCC2. The van der Waals surface area contributed by atoms with Gasteiger partial charge in [0.1, 0.15) is 17.2 Å². The summed E-state index contributed by atoms with van der Waals surface area (Å²) in [5.74, 6) is -0.0555. The molecule has 1 saturated heterocycles. The van der Waals surface area contributed by atoms with Crippen molar-refractivity contribution >= 4 is 15.7 Å². The molecule has 1 aromatic rings. The van der Waals surface area contributed by atoms with E-state index in [9.17, 15) is 13.2 Å². The topological polar surface area (TPSA) is 89.5 Å². The molecule has 3 rings (SSSR count). The zero-order valence-corrected chi connectivity index (χ0v) is 14.2. The number of hydrogen-bond acceptors (Lipinski definition) is 6. The van der Waals surface area contributed by atoms with Crippen LogP contribution in [-0.2, 0) is 31.4 Å². The molecule has 3 heterocycles. The lowest BCUT2D eigenvalue weighted by Gasteiger charge is -2.44. The zero-order chi connectivity index (χ0) is 16.7. The van der Waals surface area contributed by atoms with Crippen molar-refractivity contribution in [1.29, 1.82) is 0 Å². The number of hydrogen-bond donors (Lipinski definition) is 0. The number of amides is 1. The minimum absolute atomic E-state index is 0.336. The van der Waals surface area contributed by atoms with Crippen molar-refractivity contribution in [2.45, 2.75) is 31.8 Å². The number of carbonyl (C=O) groups excluding carboxylic acids is 1. The average Bonchev–Trinajstić information content (AvgIpc) is 2.47. The number of ether oxygens (including phenoxy) is 1. The van der Waals surface area contributed by atoms with Gasteiger partial charge in [0.2, 0.25) is 5.91 Å². The van der Waals surface area contributed by atoms with Crippen molar-refractivity contribution < 1.29 is 17.9 Å². The van der Waals surface area contributed by atoms with Crippen LogP contribution in [0.5, 0.6) is 0 Å². The van der Waals surface area contributed by atoms with E-state index in [0.29, 0.717) is 38.4 Å². The molecular weight excluding hydrogens is 318 g/mol. The molecule has 7 nitrogen and oxygen atoms in total. The first kappa shape index (κ1) is 16.3. The van der Waals surface area contributed by atoms with Crippen LogP contribution in [0.25, 0.3) is 0 Å². The van der Waals surface area contributed by atoms with Crippen LogP contribution in [0, 0.1) is 6.92 Å². The fourth-order valence-corrected chi connectivity index (χ4v) is 3.94. The summed E-state index contributed by atoms with van der Waals surface area (Å²) in [7, 11) is -3.30. The monoisotopic (exact) mass is 339 g/mol. The van der Waals surface area contributed by atoms with Crippen molar-refractivity contribution in [2.75, 3.05) is 31.7 Å². The van der Waals surface area contributed by atoms with E-state index < -0.39 is 21.2 Å². The lowest BCUT2D eigenvalue weighted by atomic mass is 9.83. The highest BCUT2D eigenvalue weighted by atomic mass is 32.2. The molecule has 0 aromatic carbocycles. The van der Waals surface area contributed by atoms with Gasteiger partial charge in [-0.2, -0.15) is 0 Å². The minimum atomic E-state index is -3.30. The van der Waals surface area contributed by atoms with Gasteiger partial charge in [0.25, 0.3) is 0 Å². The molecule has 0 bridgehead atoms. The Hall–Kier alpha value is -1.54. The Kier molecular flexibility index (Phi) is 4.14. The largest absolute Gasteiger partial charge is 0.368 e. The summed E-state index contributed by atoms with van der Waals surface area (Å²) in [6.07, 6.45) is 5.01. The van der Waals surface area contributed by atoms with Gasteiger partial charge in [-0.3, -0.25) is 4.79 Å². The van der Waals surface area contributed by atoms with Crippen LogP contribution in [0.3, 0.4) is 0 Å². The van der Waals surface area contributed by atoms with Crippen LogP contribution in [-0.4, -0.2) is 60.9 Å². The molecule has 0 N–H and O–H groups in total. The first-order valence-electron chi connectivity index (χ1n) is 7.72. The third-order valence-electron chi connectivity index (χ3n) is 4.48. The van der Waals surface area contributed by atoms with Crippen LogP contribution in [0.15, 0.2) is 6.20 Å². The second-order valence-electron chi connectivity index (χ2n) is 6.33. The highest BCUT2D eigenvalue weighted by Gasteiger charge is 2.43. The first-order chi connectivity index (χ1) is 10.8. The third-order valence-corrected chi connectivity index (χ3v) is 5.25. The standard InChI is InChI=1S/C15H21N3O4S/c1-11-16-9-12-3-8-22-15(14(12)17-11)4-6-18(7-5-15)13(19)10-23(2,20)21/h9H,3-8,10H2,1-2H3. The van der Waals surface area contributed by atoms with Gasteiger partial charge in [-0.05, 0) is 31.7 Å². The highest BCUT2D eigenvalue weighted by molar-refractivity contribution is 7.91. The number of sulfone groups is 1. The van der Waals surface area contributed by atoms with E-state index in [0.717, 1.165) is 23.9 Å². The van der Waals surface area contributed by atoms with Gasteiger partial charge < -0.3 is 9.64 Å². The number of rotatable bonds is 2. The molecule has 0 radical (unpaired) electrons. The Labute approximate surface area is 136 Å². The Bertz CT molecular complexity index is 724. The summed E-state index contributed by atoms with van der Waals surface area (Å²) < 4.78 is 28.7. The molecule has 1 spiro atoms. The van der Waals surface area contributed by atoms with E-state index in [1.54, 1.807) is 4.90 Å². The number of nitrogens with zero attached hydrogens (tertiary/aromatic N) is 3. The maximum Gasteiger partial charge on any atom is 0.237 e. The molecule has 23 heavy (non-hydrogen) atoms. The molecule has 2 aliphatic rings. The molecule has 0 atom stereocenters. The van der Waals surface area contributed by atoms with Crippen molar-refractivity contribution in [2.24, 2.45) is 0 Å². The van der Waals surface area contributed by atoms with Gasteiger partial charge in [0.05, 0.1) is 12.3 Å². The van der Waals surface area contributed by atoms with Crippen LogP contribution < -0.4 is 0 Å². The lowest BCUT2D eigenvalue weighted by molar-refractivity contribution is -0.138. The number of aryl methyl sites for hydroxylation is 1. The highest BCUT2D eigenvalue weighted by Crippen LogP contribution is 2.40. The second kappa shape index (κ2) is 5.83. The molecule has 126 valence electrons. The van der Waals surface area contributed by atoms with Gasteiger partial charge >= 0.3 is 0 Å². The average molecular weight is 339 g/mol. The Morgan fingerprint density at radius 1 is 1.39 bits per heavy atom. The zero-order valence-electron chi connectivity index (χ0n) is 13.4. The van der Waals surface area contributed by atoms with E-state index in [1.807, 2.05) is 13.1 Å². The fourth-order valence-electron chi connectivity index (χ4n) is 3.31. The van der Waals surface area contributed by atoms with Gasteiger partial charge in [0.15, 0.2) is 9.84 Å². The normalized spacial score (nSPS) is 20.3. The van der Waals surface area contributed by atoms with Crippen LogP contribution in [0.2, 0.25) is 0 Å². The van der Waals surface area contributed by atoms with Gasteiger partial charge in [-0.25, -0.2) is 18.4 Å².